The number of rotatable bonds is 5. The van der Waals surface area contributed by atoms with Gasteiger partial charge in [-0.1, -0.05) is 0 Å². The highest BCUT2D eigenvalue weighted by atomic mass is 16.3. The number of likely N-dealkylation sites (tertiary alicyclic amines) is 1. The maximum Gasteiger partial charge on any atom is 0.0564 e. The fourth-order valence-electron chi connectivity index (χ4n) is 1.67. The molecule has 3 heteroatoms. The summed E-state index contributed by atoms with van der Waals surface area (Å²) in [6, 6.07) is 0. The minimum Gasteiger partial charge on any atom is -0.393 e. The summed E-state index contributed by atoms with van der Waals surface area (Å²) in [7, 11) is 0. The molecule has 0 amide bonds. The molecule has 0 aliphatic carbocycles. The quantitative estimate of drug-likeness (QED) is 0.622. The summed E-state index contributed by atoms with van der Waals surface area (Å²) in [5.41, 5.74) is 5.34. The summed E-state index contributed by atoms with van der Waals surface area (Å²) in [6.07, 6.45) is 4.10. The lowest BCUT2D eigenvalue weighted by Gasteiger charge is -2.16. The van der Waals surface area contributed by atoms with Crippen LogP contribution in [0.15, 0.2) is 0 Å². The number of hydrogen-bond acceptors (Lipinski definition) is 3. The molecule has 72 valence electrons. The Kier molecular flexibility index (Phi) is 4.58. The van der Waals surface area contributed by atoms with Gasteiger partial charge in [-0.15, -0.1) is 0 Å². The van der Waals surface area contributed by atoms with Crippen LogP contribution in [-0.4, -0.2) is 42.3 Å². The molecule has 0 saturated carbocycles. The molecular weight excluding hydrogens is 152 g/mol. The average Bonchev–Trinajstić information content (AvgIpc) is 2.53. The predicted octanol–water partition coefficient (Wildman–Crippen LogP) is 0.182. The van der Waals surface area contributed by atoms with Crippen LogP contribution in [0.4, 0.5) is 0 Å². The number of aliphatic hydroxyl groups excluding tert-OH is 1. The topological polar surface area (TPSA) is 49.5 Å². The van der Waals surface area contributed by atoms with Crippen molar-refractivity contribution in [2.45, 2.75) is 31.8 Å². The normalized spacial score (nSPS) is 21.5. The van der Waals surface area contributed by atoms with Crippen LogP contribution in [0.2, 0.25) is 0 Å². The fourth-order valence-corrected chi connectivity index (χ4v) is 1.67. The van der Waals surface area contributed by atoms with Gasteiger partial charge in [-0.05, 0) is 45.3 Å². The second kappa shape index (κ2) is 5.51. The van der Waals surface area contributed by atoms with Crippen LogP contribution < -0.4 is 5.73 Å². The van der Waals surface area contributed by atoms with Gasteiger partial charge < -0.3 is 15.7 Å². The van der Waals surface area contributed by atoms with Crippen LogP contribution in [0.1, 0.15) is 25.7 Å². The zero-order valence-corrected chi connectivity index (χ0v) is 7.71. The van der Waals surface area contributed by atoms with E-state index in [2.05, 4.69) is 4.90 Å². The van der Waals surface area contributed by atoms with Crippen molar-refractivity contribution in [1.29, 1.82) is 0 Å². The summed E-state index contributed by atoms with van der Waals surface area (Å²) in [5, 5.41) is 9.40. The Bertz CT molecular complexity index is 113. The molecule has 1 aliphatic heterocycles. The van der Waals surface area contributed by atoms with Crippen molar-refractivity contribution >= 4 is 0 Å². The molecule has 12 heavy (non-hydrogen) atoms. The molecule has 0 spiro atoms. The maximum atomic E-state index is 9.40. The van der Waals surface area contributed by atoms with Crippen molar-refractivity contribution < 1.29 is 5.11 Å². The number of hydrogen-bond donors (Lipinski definition) is 2. The molecule has 3 N–H and O–H groups in total. The van der Waals surface area contributed by atoms with E-state index in [4.69, 9.17) is 5.73 Å². The van der Waals surface area contributed by atoms with Crippen molar-refractivity contribution in [3.63, 3.8) is 0 Å². The zero-order valence-electron chi connectivity index (χ0n) is 7.71. The first-order chi connectivity index (χ1) is 5.83. The van der Waals surface area contributed by atoms with Crippen molar-refractivity contribution in [1.82, 2.24) is 4.90 Å². The molecule has 0 aromatic heterocycles. The first-order valence-electron chi connectivity index (χ1n) is 4.93. The second-order valence-electron chi connectivity index (χ2n) is 3.57. The highest BCUT2D eigenvalue weighted by molar-refractivity contribution is 4.68. The van der Waals surface area contributed by atoms with Gasteiger partial charge in [-0.25, -0.2) is 0 Å². The Morgan fingerprint density at radius 2 is 1.92 bits per heavy atom. The number of nitrogens with zero attached hydrogens (tertiary/aromatic N) is 1. The molecule has 1 atom stereocenters. The van der Waals surface area contributed by atoms with Gasteiger partial charge in [0.2, 0.25) is 0 Å². The van der Waals surface area contributed by atoms with E-state index in [1.54, 1.807) is 0 Å². The van der Waals surface area contributed by atoms with Crippen molar-refractivity contribution in [3.8, 4) is 0 Å². The molecule has 0 unspecified atom stereocenters. The van der Waals surface area contributed by atoms with Crippen LogP contribution in [0.3, 0.4) is 0 Å². The van der Waals surface area contributed by atoms with Gasteiger partial charge in [0.15, 0.2) is 0 Å². The molecule has 0 radical (unpaired) electrons. The summed E-state index contributed by atoms with van der Waals surface area (Å²) < 4.78 is 0. The molecule has 1 rings (SSSR count). The Hall–Kier alpha value is -0.120. The lowest BCUT2D eigenvalue weighted by molar-refractivity contribution is 0.140. The van der Waals surface area contributed by atoms with Crippen molar-refractivity contribution in [2.75, 3.05) is 26.2 Å². The molecule has 0 aromatic carbocycles. The minimum absolute atomic E-state index is 0.185. The van der Waals surface area contributed by atoms with E-state index in [9.17, 15) is 5.11 Å². The van der Waals surface area contributed by atoms with E-state index < -0.39 is 0 Å². The minimum atomic E-state index is -0.185. The molecule has 0 aromatic rings. The second-order valence-corrected chi connectivity index (χ2v) is 3.57. The summed E-state index contributed by atoms with van der Waals surface area (Å²) in [5.74, 6) is 0. The largest absolute Gasteiger partial charge is 0.393 e. The van der Waals surface area contributed by atoms with E-state index in [1.807, 2.05) is 0 Å². The monoisotopic (exact) mass is 172 g/mol. The van der Waals surface area contributed by atoms with Crippen molar-refractivity contribution in [3.05, 3.63) is 0 Å². The van der Waals surface area contributed by atoms with E-state index in [-0.39, 0.29) is 6.10 Å². The van der Waals surface area contributed by atoms with Crippen LogP contribution >= 0.6 is 0 Å². The maximum absolute atomic E-state index is 9.40. The van der Waals surface area contributed by atoms with Crippen LogP contribution in [0.5, 0.6) is 0 Å². The lowest BCUT2D eigenvalue weighted by Crippen LogP contribution is -2.25. The predicted molar refractivity (Wildman–Crippen MR) is 50.0 cm³/mol. The Labute approximate surface area is 74.5 Å². The highest BCUT2D eigenvalue weighted by Gasteiger charge is 2.12. The van der Waals surface area contributed by atoms with Gasteiger partial charge in [0.05, 0.1) is 6.10 Å². The third-order valence-electron chi connectivity index (χ3n) is 2.48. The summed E-state index contributed by atoms with van der Waals surface area (Å²) >= 11 is 0. The van der Waals surface area contributed by atoms with Gasteiger partial charge in [0, 0.05) is 6.54 Å². The summed E-state index contributed by atoms with van der Waals surface area (Å²) in [4.78, 5) is 2.42. The Balaban J connectivity index is 1.99. The van der Waals surface area contributed by atoms with Gasteiger partial charge in [-0.3, -0.25) is 0 Å². The number of aliphatic hydroxyl groups is 1. The van der Waals surface area contributed by atoms with E-state index >= 15 is 0 Å². The highest BCUT2D eigenvalue weighted by Crippen LogP contribution is 2.08. The SMILES string of the molecule is NCC[C@@H](O)CCN1CCCC1. The van der Waals surface area contributed by atoms with Crippen molar-refractivity contribution in [2.24, 2.45) is 5.73 Å². The van der Waals surface area contributed by atoms with E-state index in [1.165, 1.54) is 25.9 Å². The third-order valence-corrected chi connectivity index (χ3v) is 2.48. The zero-order chi connectivity index (χ0) is 8.81. The molecule has 1 saturated heterocycles. The number of nitrogens with two attached hydrogens (primary N) is 1. The smallest absolute Gasteiger partial charge is 0.0564 e. The van der Waals surface area contributed by atoms with Gasteiger partial charge >= 0.3 is 0 Å². The molecule has 1 fully saturated rings. The first kappa shape index (κ1) is 9.96. The molecule has 1 aliphatic rings. The molecule has 1 heterocycles. The Morgan fingerprint density at radius 3 is 2.50 bits per heavy atom. The molecular formula is C9H20N2O. The third kappa shape index (κ3) is 3.52. The standard InChI is InChI=1S/C9H20N2O/c10-5-3-9(12)4-8-11-6-1-2-7-11/h9,12H,1-8,10H2/t9-/m1/s1. The molecule has 0 bridgehead atoms. The molecule has 3 nitrogen and oxygen atoms in total. The van der Waals surface area contributed by atoms with Gasteiger partial charge in [0.25, 0.3) is 0 Å². The first-order valence-corrected chi connectivity index (χ1v) is 4.93. The van der Waals surface area contributed by atoms with Crippen LogP contribution in [0.25, 0.3) is 0 Å². The Morgan fingerprint density at radius 1 is 1.25 bits per heavy atom. The summed E-state index contributed by atoms with van der Waals surface area (Å²) in [6.45, 7) is 4.08. The van der Waals surface area contributed by atoms with E-state index in [0.717, 1.165) is 19.4 Å². The lowest BCUT2D eigenvalue weighted by atomic mass is 10.2. The average molecular weight is 172 g/mol. The van der Waals surface area contributed by atoms with Crippen LogP contribution in [0, 0.1) is 0 Å². The van der Waals surface area contributed by atoms with Gasteiger partial charge in [0.1, 0.15) is 0 Å². The van der Waals surface area contributed by atoms with E-state index in [0.29, 0.717) is 6.54 Å². The fraction of sp³-hybridized carbons (Fsp3) is 1.00. The van der Waals surface area contributed by atoms with Gasteiger partial charge in [-0.2, -0.15) is 0 Å². The van der Waals surface area contributed by atoms with Crippen LogP contribution in [-0.2, 0) is 0 Å².